The average molecular weight is 316 g/mol. The summed E-state index contributed by atoms with van der Waals surface area (Å²) in [6.45, 7) is 1.63. The number of aryl methyl sites for hydroxylation is 1. The lowest BCUT2D eigenvalue weighted by Crippen LogP contribution is -2.42. The van der Waals surface area contributed by atoms with Gasteiger partial charge in [-0.3, -0.25) is 0 Å². The summed E-state index contributed by atoms with van der Waals surface area (Å²) >= 11 is 0. The second-order valence-corrected chi connectivity index (χ2v) is 7.34. The quantitative estimate of drug-likeness (QED) is 0.830. The summed E-state index contributed by atoms with van der Waals surface area (Å²) in [5, 5.41) is 9.46. The van der Waals surface area contributed by atoms with Crippen molar-refractivity contribution < 1.29 is 17.9 Å². The van der Waals surface area contributed by atoms with Gasteiger partial charge in [-0.25, -0.2) is 12.8 Å². The molecule has 1 saturated heterocycles. The Kier molecular flexibility index (Phi) is 4.85. The van der Waals surface area contributed by atoms with Gasteiger partial charge >= 0.3 is 0 Å². The normalized spacial score (nSPS) is 21.2. The van der Waals surface area contributed by atoms with Crippen LogP contribution in [0.15, 0.2) is 17.0 Å². The molecule has 3 N–H and O–H groups in total. The van der Waals surface area contributed by atoms with E-state index in [1.807, 2.05) is 0 Å². The topological polar surface area (TPSA) is 83.6 Å². The molecule has 21 heavy (non-hydrogen) atoms. The van der Waals surface area contributed by atoms with E-state index in [9.17, 15) is 17.9 Å². The van der Waals surface area contributed by atoms with Crippen molar-refractivity contribution in [1.29, 1.82) is 0 Å². The van der Waals surface area contributed by atoms with Crippen molar-refractivity contribution >= 4 is 15.7 Å². The molecule has 1 atom stereocenters. The van der Waals surface area contributed by atoms with Crippen LogP contribution in [0, 0.1) is 12.7 Å². The van der Waals surface area contributed by atoms with Gasteiger partial charge in [0.2, 0.25) is 10.0 Å². The van der Waals surface area contributed by atoms with Gasteiger partial charge in [0.05, 0.1) is 17.2 Å². The third-order valence-electron chi connectivity index (χ3n) is 3.90. The number of hydrogen-bond acceptors (Lipinski definition) is 4. The first-order chi connectivity index (χ1) is 9.87. The summed E-state index contributed by atoms with van der Waals surface area (Å²) in [5.74, 6) is -0.594. The Morgan fingerprint density at radius 2 is 2.10 bits per heavy atom. The van der Waals surface area contributed by atoms with E-state index < -0.39 is 21.9 Å². The molecule has 1 aromatic carbocycles. The highest BCUT2D eigenvalue weighted by Gasteiger charge is 2.32. The molecule has 1 unspecified atom stereocenters. The van der Waals surface area contributed by atoms with Gasteiger partial charge in [0.1, 0.15) is 5.82 Å². The molecule has 1 fully saturated rings. The molecule has 2 rings (SSSR count). The van der Waals surface area contributed by atoms with Crippen molar-refractivity contribution in [1.82, 2.24) is 4.31 Å². The monoisotopic (exact) mass is 316 g/mol. The summed E-state index contributed by atoms with van der Waals surface area (Å²) in [7, 11) is -3.78. The van der Waals surface area contributed by atoms with Crippen molar-refractivity contribution in [2.45, 2.75) is 43.5 Å². The molecular formula is C14H21FN2O3S. The fourth-order valence-electron chi connectivity index (χ4n) is 2.70. The maximum Gasteiger partial charge on any atom is 0.243 e. The second kappa shape index (κ2) is 6.29. The third kappa shape index (κ3) is 3.20. The zero-order valence-corrected chi connectivity index (χ0v) is 12.9. The summed E-state index contributed by atoms with van der Waals surface area (Å²) < 4.78 is 40.4. The Morgan fingerprint density at radius 1 is 1.38 bits per heavy atom. The number of rotatable bonds is 3. The molecular weight excluding hydrogens is 295 g/mol. The van der Waals surface area contributed by atoms with Crippen LogP contribution in [-0.4, -0.2) is 37.0 Å². The van der Waals surface area contributed by atoms with Crippen LogP contribution in [0.3, 0.4) is 0 Å². The highest BCUT2D eigenvalue weighted by molar-refractivity contribution is 7.89. The summed E-state index contributed by atoms with van der Waals surface area (Å²) in [6, 6.07) is 2.02. The molecule has 0 amide bonds. The number of benzene rings is 1. The lowest BCUT2D eigenvalue weighted by Gasteiger charge is -2.28. The fraction of sp³-hybridized carbons (Fsp3) is 0.571. The van der Waals surface area contributed by atoms with E-state index in [4.69, 9.17) is 5.73 Å². The molecule has 1 aromatic rings. The molecule has 118 valence electrons. The minimum Gasteiger partial charge on any atom is -0.396 e. The van der Waals surface area contributed by atoms with Gasteiger partial charge in [-0.15, -0.1) is 0 Å². The van der Waals surface area contributed by atoms with Gasteiger partial charge < -0.3 is 10.8 Å². The number of nitrogens with two attached hydrogens (primary N) is 1. The Morgan fingerprint density at radius 3 is 2.71 bits per heavy atom. The molecule has 0 saturated carbocycles. The number of anilines is 1. The van der Waals surface area contributed by atoms with Gasteiger partial charge in [0, 0.05) is 12.6 Å². The lowest BCUT2D eigenvalue weighted by molar-refractivity contribution is 0.186. The summed E-state index contributed by atoms with van der Waals surface area (Å²) in [6.07, 6.45) is 3.21. The highest BCUT2D eigenvalue weighted by atomic mass is 32.2. The predicted molar refractivity (Wildman–Crippen MR) is 78.8 cm³/mol. The van der Waals surface area contributed by atoms with Gasteiger partial charge in [0.15, 0.2) is 0 Å². The van der Waals surface area contributed by atoms with Crippen LogP contribution in [0.4, 0.5) is 10.1 Å². The number of sulfonamides is 1. The van der Waals surface area contributed by atoms with E-state index in [0.717, 1.165) is 25.3 Å². The largest absolute Gasteiger partial charge is 0.396 e. The lowest BCUT2D eigenvalue weighted by atomic mass is 10.1. The van der Waals surface area contributed by atoms with Crippen LogP contribution in [0.2, 0.25) is 0 Å². The molecule has 7 heteroatoms. The van der Waals surface area contributed by atoms with Crippen molar-refractivity contribution in [2.24, 2.45) is 0 Å². The number of nitrogen functional groups attached to an aromatic ring is 1. The first kappa shape index (κ1) is 16.2. The fourth-order valence-corrected chi connectivity index (χ4v) is 4.50. The van der Waals surface area contributed by atoms with Gasteiger partial charge in [0.25, 0.3) is 0 Å². The second-order valence-electron chi connectivity index (χ2n) is 5.44. The number of nitrogens with zero attached hydrogens (tertiary/aromatic N) is 1. The van der Waals surface area contributed by atoms with Gasteiger partial charge in [-0.1, -0.05) is 12.8 Å². The van der Waals surface area contributed by atoms with E-state index in [1.165, 1.54) is 17.3 Å². The highest BCUT2D eigenvalue weighted by Crippen LogP contribution is 2.27. The Bertz CT molecular complexity index is 596. The number of aliphatic hydroxyl groups excluding tert-OH is 1. The average Bonchev–Trinajstić information content (AvgIpc) is 2.69. The van der Waals surface area contributed by atoms with Crippen LogP contribution in [0.1, 0.15) is 31.2 Å². The molecule has 0 aromatic heterocycles. The zero-order valence-electron chi connectivity index (χ0n) is 12.0. The van der Waals surface area contributed by atoms with Gasteiger partial charge in [-0.2, -0.15) is 4.31 Å². The molecule has 0 spiro atoms. The van der Waals surface area contributed by atoms with Crippen molar-refractivity contribution in [3.05, 3.63) is 23.5 Å². The smallest absolute Gasteiger partial charge is 0.243 e. The molecule has 1 heterocycles. The molecule has 1 aliphatic heterocycles. The van der Waals surface area contributed by atoms with Crippen LogP contribution in [-0.2, 0) is 10.0 Å². The van der Waals surface area contributed by atoms with Crippen LogP contribution in [0.25, 0.3) is 0 Å². The van der Waals surface area contributed by atoms with E-state index in [1.54, 1.807) is 0 Å². The van der Waals surface area contributed by atoms with Crippen LogP contribution < -0.4 is 5.73 Å². The molecule has 0 radical (unpaired) electrons. The van der Waals surface area contributed by atoms with E-state index in [-0.39, 0.29) is 22.8 Å². The Labute approximate surface area is 124 Å². The first-order valence-corrected chi connectivity index (χ1v) is 8.50. The molecule has 0 bridgehead atoms. The minimum absolute atomic E-state index is 0.0146. The third-order valence-corrected chi connectivity index (χ3v) is 5.83. The van der Waals surface area contributed by atoms with Crippen molar-refractivity contribution in [3.63, 3.8) is 0 Å². The van der Waals surface area contributed by atoms with Crippen molar-refractivity contribution in [2.75, 3.05) is 18.9 Å². The maximum absolute atomic E-state index is 13.6. The van der Waals surface area contributed by atoms with E-state index >= 15 is 0 Å². The number of aliphatic hydroxyl groups is 1. The number of hydrogen-bond donors (Lipinski definition) is 2. The number of halogens is 1. The SMILES string of the molecule is Cc1cc(S(=O)(=O)N2CCCCCC2CO)cc(N)c1F. The van der Waals surface area contributed by atoms with E-state index in [0.29, 0.717) is 13.0 Å². The van der Waals surface area contributed by atoms with Crippen LogP contribution >= 0.6 is 0 Å². The molecule has 5 nitrogen and oxygen atoms in total. The minimum atomic E-state index is -3.78. The van der Waals surface area contributed by atoms with E-state index in [2.05, 4.69) is 0 Å². The van der Waals surface area contributed by atoms with Crippen molar-refractivity contribution in [3.8, 4) is 0 Å². The summed E-state index contributed by atoms with van der Waals surface area (Å²) in [5.41, 5.74) is 5.56. The molecule has 0 aliphatic carbocycles. The van der Waals surface area contributed by atoms with Gasteiger partial charge in [-0.05, 0) is 37.5 Å². The standard InChI is InChI=1S/C14H21FN2O3S/c1-10-7-12(8-13(16)14(10)15)21(19,20)17-6-4-2-3-5-11(17)9-18/h7-8,11,18H,2-6,9,16H2,1H3. The first-order valence-electron chi connectivity index (χ1n) is 7.06. The predicted octanol–water partition coefficient (Wildman–Crippen LogP) is 1.64. The Balaban J connectivity index is 2.44. The maximum atomic E-state index is 13.6. The Hall–Kier alpha value is -1.18. The summed E-state index contributed by atoms with van der Waals surface area (Å²) in [4.78, 5) is -0.0146. The van der Waals surface area contributed by atoms with Crippen LogP contribution in [0.5, 0.6) is 0 Å². The molecule has 1 aliphatic rings. The zero-order chi connectivity index (χ0) is 15.6.